The molecule has 0 radical (unpaired) electrons. The van der Waals surface area contributed by atoms with Gasteiger partial charge in [-0.25, -0.2) is 8.78 Å². The number of likely N-dealkylation sites (tertiary alicyclic amines) is 2. The van der Waals surface area contributed by atoms with Gasteiger partial charge >= 0.3 is 0 Å². The van der Waals surface area contributed by atoms with Gasteiger partial charge in [0.05, 0.1) is 5.69 Å². The van der Waals surface area contributed by atoms with Gasteiger partial charge in [0.25, 0.3) is 0 Å². The molecule has 1 spiro atoms. The van der Waals surface area contributed by atoms with Crippen LogP contribution in [0.4, 0.5) is 8.78 Å². The van der Waals surface area contributed by atoms with Crippen LogP contribution in [0.1, 0.15) is 30.5 Å². The van der Waals surface area contributed by atoms with Crippen LogP contribution < -0.4 is 0 Å². The summed E-state index contributed by atoms with van der Waals surface area (Å²) in [5.41, 5.74) is 1.35. The zero-order valence-electron chi connectivity index (χ0n) is 16.2. The number of carbonyl (C=O) groups is 1. The van der Waals surface area contributed by atoms with Crippen molar-refractivity contribution >= 4 is 5.91 Å². The lowest BCUT2D eigenvalue weighted by Crippen LogP contribution is -2.45. The fraction of sp³-hybridized carbons (Fsp3) is 0.524. The van der Waals surface area contributed by atoms with Crippen molar-refractivity contribution in [3.8, 4) is 0 Å². The van der Waals surface area contributed by atoms with E-state index in [2.05, 4.69) is 10.00 Å². The molecule has 0 N–H and O–H groups in total. The third-order valence-electron chi connectivity index (χ3n) is 6.03. The molecule has 28 heavy (non-hydrogen) atoms. The maximum Gasteiger partial charge on any atom is 0.244 e. The number of amides is 1. The van der Waals surface area contributed by atoms with Crippen LogP contribution in [0.2, 0.25) is 0 Å². The Balaban J connectivity index is 1.38. The van der Waals surface area contributed by atoms with Crippen LogP contribution in [0.25, 0.3) is 0 Å². The lowest BCUT2D eigenvalue weighted by Gasteiger charge is -2.40. The van der Waals surface area contributed by atoms with Crippen LogP contribution in [-0.2, 0) is 17.9 Å². The number of piperidine rings is 1. The number of hydrogen-bond acceptors (Lipinski definition) is 3. The zero-order valence-corrected chi connectivity index (χ0v) is 16.2. The van der Waals surface area contributed by atoms with E-state index < -0.39 is 11.6 Å². The third-order valence-corrected chi connectivity index (χ3v) is 6.03. The standard InChI is InChI=1S/C21H26F2N4O/c1-16-6-10-27(24-16)13-19(28)26-11-8-21(15-26)7-3-9-25(14-21)12-17-4-2-5-18(22)20(17)23/h2,4-6,10H,3,7-9,11-15H2,1H3. The van der Waals surface area contributed by atoms with E-state index in [1.54, 1.807) is 16.8 Å². The van der Waals surface area contributed by atoms with Gasteiger partial charge in [0, 0.05) is 43.4 Å². The summed E-state index contributed by atoms with van der Waals surface area (Å²) in [5, 5.41) is 4.30. The number of nitrogens with zero attached hydrogens (tertiary/aromatic N) is 4. The Morgan fingerprint density at radius 2 is 2.04 bits per heavy atom. The first-order valence-electron chi connectivity index (χ1n) is 9.87. The molecular formula is C21H26F2N4O. The summed E-state index contributed by atoms with van der Waals surface area (Å²) in [6.45, 7) is 5.75. The van der Waals surface area contributed by atoms with Gasteiger partial charge in [0.1, 0.15) is 6.54 Å². The molecule has 0 saturated carbocycles. The molecule has 1 amide bonds. The van der Waals surface area contributed by atoms with Crippen molar-refractivity contribution in [3.63, 3.8) is 0 Å². The first kappa shape index (κ1) is 19.1. The summed E-state index contributed by atoms with van der Waals surface area (Å²) in [6.07, 6.45) is 4.87. The fourth-order valence-corrected chi connectivity index (χ4v) is 4.63. The normalized spacial score (nSPS) is 22.9. The van der Waals surface area contributed by atoms with Gasteiger partial charge in [0.15, 0.2) is 11.6 Å². The van der Waals surface area contributed by atoms with Crippen molar-refractivity contribution in [2.75, 3.05) is 26.2 Å². The molecule has 1 aromatic heterocycles. The van der Waals surface area contributed by atoms with E-state index in [4.69, 9.17) is 0 Å². The molecule has 2 aliphatic heterocycles. The topological polar surface area (TPSA) is 41.4 Å². The monoisotopic (exact) mass is 388 g/mol. The minimum absolute atomic E-state index is 0.0533. The van der Waals surface area contributed by atoms with Gasteiger partial charge in [0.2, 0.25) is 5.91 Å². The largest absolute Gasteiger partial charge is 0.340 e. The number of rotatable bonds is 4. The molecule has 1 unspecified atom stereocenters. The molecule has 2 fully saturated rings. The number of halogens is 2. The molecule has 3 heterocycles. The maximum absolute atomic E-state index is 14.0. The van der Waals surface area contributed by atoms with E-state index in [1.165, 1.54) is 0 Å². The van der Waals surface area contributed by atoms with Crippen molar-refractivity contribution in [3.05, 3.63) is 53.4 Å². The van der Waals surface area contributed by atoms with E-state index in [9.17, 15) is 13.6 Å². The average molecular weight is 388 g/mol. The summed E-state index contributed by atoms with van der Waals surface area (Å²) in [4.78, 5) is 16.8. The number of aryl methyl sites for hydroxylation is 1. The Kier molecular flexibility index (Phi) is 5.19. The Morgan fingerprint density at radius 1 is 1.18 bits per heavy atom. The number of aromatic nitrogens is 2. The van der Waals surface area contributed by atoms with Crippen LogP contribution in [0.3, 0.4) is 0 Å². The first-order valence-corrected chi connectivity index (χ1v) is 9.87. The van der Waals surface area contributed by atoms with Gasteiger partial charge in [-0.05, 0) is 44.9 Å². The second-order valence-corrected chi connectivity index (χ2v) is 8.25. The van der Waals surface area contributed by atoms with Crippen LogP contribution in [0.15, 0.2) is 30.5 Å². The number of hydrogen-bond donors (Lipinski definition) is 0. The molecule has 150 valence electrons. The van der Waals surface area contributed by atoms with Crippen molar-refractivity contribution < 1.29 is 13.6 Å². The van der Waals surface area contributed by atoms with E-state index >= 15 is 0 Å². The molecule has 5 nitrogen and oxygen atoms in total. The third kappa shape index (κ3) is 3.94. The van der Waals surface area contributed by atoms with Gasteiger partial charge in [-0.2, -0.15) is 5.10 Å². The van der Waals surface area contributed by atoms with Crippen molar-refractivity contribution in [2.24, 2.45) is 5.41 Å². The minimum atomic E-state index is -0.796. The highest BCUT2D eigenvalue weighted by atomic mass is 19.2. The summed E-state index contributed by atoms with van der Waals surface area (Å²) in [6, 6.07) is 6.25. The van der Waals surface area contributed by atoms with Crippen molar-refractivity contribution in [1.29, 1.82) is 0 Å². The highest BCUT2D eigenvalue weighted by Gasteiger charge is 2.42. The Hall–Kier alpha value is -2.28. The van der Waals surface area contributed by atoms with E-state index in [-0.39, 0.29) is 17.9 Å². The van der Waals surface area contributed by atoms with Gasteiger partial charge in [-0.3, -0.25) is 14.4 Å². The zero-order chi connectivity index (χ0) is 19.7. The van der Waals surface area contributed by atoms with Gasteiger partial charge in [-0.15, -0.1) is 0 Å². The molecule has 4 rings (SSSR count). The second-order valence-electron chi connectivity index (χ2n) is 8.25. The molecule has 2 saturated heterocycles. The Morgan fingerprint density at radius 3 is 2.82 bits per heavy atom. The van der Waals surface area contributed by atoms with Crippen LogP contribution in [0, 0.1) is 24.0 Å². The Bertz CT molecular complexity index is 868. The second kappa shape index (κ2) is 7.62. The lowest BCUT2D eigenvalue weighted by molar-refractivity contribution is -0.131. The van der Waals surface area contributed by atoms with Crippen LogP contribution in [-0.4, -0.2) is 51.7 Å². The summed E-state index contributed by atoms with van der Waals surface area (Å²) >= 11 is 0. The van der Waals surface area contributed by atoms with Crippen molar-refractivity contribution in [1.82, 2.24) is 19.6 Å². The molecule has 1 aromatic carbocycles. The number of benzene rings is 1. The first-order chi connectivity index (χ1) is 13.4. The predicted octanol–water partition coefficient (Wildman–Crippen LogP) is 2.98. The summed E-state index contributed by atoms with van der Waals surface area (Å²) in [5.74, 6) is -1.45. The summed E-state index contributed by atoms with van der Waals surface area (Å²) < 4.78 is 29.2. The van der Waals surface area contributed by atoms with E-state index in [1.807, 2.05) is 24.1 Å². The molecule has 0 bridgehead atoms. The Labute approximate surface area is 163 Å². The smallest absolute Gasteiger partial charge is 0.244 e. The SMILES string of the molecule is Cc1ccn(CC(=O)N2CCC3(CCCN(Cc4cccc(F)c4F)C3)C2)n1. The molecular weight excluding hydrogens is 362 g/mol. The molecule has 2 aromatic rings. The quantitative estimate of drug-likeness (QED) is 0.809. The molecule has 0 aliphatic carbocycles. The fourth-order valence-electron chi connectivity index (χ4n) is 4.63. The van der Waals surface area contributed by atoms with Gasteiger partial charge < -0.3 is 4.90 Å². The number of carbonyl (C=O) groups excluding carboxylic acids is 1. The predicted molar refractivity (Wildman–Crippen MR) is 101 cm³/mol. The average Bonchev–Trinajstić information content (AvgIpc) is 3.26. The highest BCUT2D eigenvalue weighted by Crippen LogP contribution is 2.39. The van der Waals surface area contributed by atoms with Gasteiger partial charge in [-0.1, -0.05) is 12.1 Å². The minimum Gasteiger partial charge on any atom is -0.340 e. The maximum atomic E-state index is 14.0. The van der Waals surface area contributed by atoms with Crippen molar-refractivity contribution in [2.45, 2.75) is 39.3 Å². The highest BCUT2D eigenvalue weighted by molar-refractivity contribution is 5.76. The van der Waals surface area contributed by atoms with E-state index in [0.717, 1.165) is 57.2 Å². The molecule has 7 heteroatoms. The summed E-state index contributed by atoms with van der Waals surface area (Å²) in [7, 11) is 0. The van der Waals surface area contributed by atoms with Crippen LogP contribution >= 0.6 is 0 Å². The molecule has 1 atom stereocenters. The lowest BCUT2D eigenvalue weighted by atomic mass is 9.79. The van der Waals surface area contributed by atoms with E-state index in [0.29, 0.717) is 12.1 Å². The van der Waals surface area contributed by atoms with Crippen LogP contribution in [0.5, 0.6) is 0 Å². The molecule has 2 aliphatic rings.